The molecule has 0 N–H and O–H groups in total. The third-order valence-corrected chi connectivity index (χ3v) is 3.47. The van der Waals surface area contributed by atoms with Gasteiger partial charge in [-0.05, 0) is 30.3 Å². The first kappa shape index (κ1) is 11.2. The fourth-order valence-electron chi connectivity index (χ4n) is 1.92. The Morgan fingerprint density at radius 3 is 2.78 bits per heavy atom. The lowest BCUT2D eigenvalue weighted by atomic mass is 10.2. The minimum Gasteiger partial charge on any atom is -0.282 e. The number of pyridine rings is 1. The average molecular weight is 301 g/mol. The van der Waals surface area contributed by atoms with Crippen LogP contribution < -0.4 is 0 Å². The predicted molar refractivity (Wildman–Crippen MR) is 73.6 cm³/mol. The molecule has 0 bridgehead atoms. The third-order valence-electron chi connectivity index (χ3n) is 2.78. The van der Waals surface area contributed by atoms with Crippen molar-refractivity contribution in [2.75, 3.05) is 0 Å². The standard InChI is InChI=1S/C14H9BrN2O/c15-11-4-3-6-13-10(11)7-9-17(13)14(18)12-5-1-2-8-16-12/h1-9H. The van der Waals surface area contributed by atoms with Crippen LogP contribution in [0, 0.1) is 0 Å². The molecule has 88 valence electrons. The van der Waals surface area contributed by atoms with Crippen molar-refractivity contribution in [3.63, 3.8) is 0 Å². The molecule has 0 fully saturated rings. The maximum atomic E-state index is 12.3. The number of benzene rings is 1. The number of nitrogens with zero attached hydrogens (tertiary/aromatic N) is 2. The van der Waals surface area contributed by atoms with E-state index in [1.807, 2.05) is 30.3 Å². The van der Waals surface area contributed by atoms with Crippen molar-refractivity contribution >= 4 is 32.7 Å². The Morgan fingerprint density at radius 1 is 1.11 bits per heavy atom. The summed E-state index contributed by atoms with van der Waals surface area (Å²) < 4.78 is 2.59. The van der Waals surface area contributed by atoms with Gasteiger partial charge in [-0.1, -0.05) is 28.1 Å². The molecule has 4 heteroatoms. The van der Waals surface area contributed by atoms with E-state index in [1.165, 1.54) is 0 Å². The lowest BCUT2D eigenvalue weighted by molar-refractivity contribution is 0.0960. The van der Waals surface area contributed by atoms with Gasteiger partial charge in [-0.2, -0.15) is 0 Å². The first-order chi connectivity index (χ1) is 8.77. The molecule has 0 amide bonds. The second-order valence-corrected chi connectivity index (χ2v) is 4.73. The number of fused-ring (bicyclic) bond motifs is 1. The molecule has 2 aromatic heterocycles. The van der Waals surface area contributed by atoms with Crippen LogP contribution in [0.1, 0.15) is 10.5 Å². The summed E-state index contributed by atoms with van der Waals surface area (Å²) in [5.74, 6) is -0.122. The Labute approximate surface area is 112 Å². The van der Waals surface area contributed by atoms with E-state index >= 15 is 0 Å². The largest absolute Gasteiger partial charge is 0.282 e. The van der Waals surface area contributed by atoms with Crippen molar-refractivity contribution in [1.82, 2.24) is 9.55 Å². The number of aromatic nitrogens is 2. The molecule has 3 rings (SSSR count). The van der Waals surface area contributed by atoms with Crippen molar-refractivity contribution in [3.8, 4) is 0 Å². The average Bonchev–Trinajstić information content (AvgIpc) is 2.84. The fourth-order valence-corrected chi connectivity index (χ4v) is 2.41. The normalized spacial score (nSPS) is 10.7. The van der Waals surface area contributed by atoms with E-state index in [-0.39, 0.29) is 5.91 Å². The first-order valence-electron chi connectivity index (χ1n) is 5.49. The first-order valence-corrected chi connectivity index (χ1v) is 6.28. The Kier molecular flexibility index (Phi) is 2.72. The third kappa shape index (κ3) is 1.75. The number of hydrogen-bond donors (Lipinski definition) is 0. The molecule has 0 saturated heterocycles. The molecule has 18 heavy (non-hydrogen) atoms. The van der Waals surface area contributed by atoms with Gasteiger partial charge in [-0.15, -0.1) is 0 Å². The molecule has 0 aliphatic heterocycles. The van der Waals surface area contributed by atoms with Gasteiger partial charge in [0.15, 0.2) is 0 Å². The molecule has 0 radical (unpaired) electrons. The Hall–Kier alpha value is -1.94. The monoisotopic (exact) mass is 300 g/mol. The Morgan fingerprint density at radius 2 is 2.00 bits per heavy atom. The summed E-state index contributed by atoms with van der Waals surface area (Å²) in [4.78, 5) is 16.4. The lowest BCUT2D eigenvalue weighted by Crippen LogP contribution is -2.11. The molecule has 1 aromatic carbocycles. The van der Waals surface area contributed by atoms with Crippen LogP contribution in [-0.2, 0) is 0 Å². The summed E-state index contributed by atoms with van der Waals surface area (Å²) in [6.45, 7) is 0. The molecule has 0 aliphatic rings. The van der Waals surface area contributed by atoms with Crippen LogP contribution >= 0.6 is 15.9 Å². The van der Waals surface area contributed by atoms with Crippen molar-refractivity contribution in [2.24, 2.45) is 0 Å². The topological polar surface area (TPSA) is 34.9 Å². The maximum absolute atomic E-state index is 12.3. The van der Waals surface area contributed by atoms with Crippen LogP contribution in [0.15, 0.2) is 59.3 Å². The van der Waals surface area contributed by atoms with Gasteiger partial charge in [0.25, 0.3) is 5.91 Å². The lowest BCUT2D eigenvalue weighted by Gasteiger charge is -2.03. The van der Waals surface area contributed by atoms with Gasteiger partial charge in [0.1, 0.15) is 5.69 Å². The van der Waals surface area contributed by atoms with Gasteiger partial charge in [0, 0.05) is 22.3 Å². The van der Waals surface area contributed by atoms with Gasteiger partial charge in [0.2, 0.25) is 0 Å². The summed E-state index contributed by atoms with van der Waals surface area (Å²) in [6.07, 6.45) is 3.39. The zero-order valence-corrected chi connectivity index (χ0v) is 11.0. The highest BCUT2D eigenvalue weighted by atomic mass is 79.9. The number of rotatable bonds is 1. The number of carbonyl (C=O) groups is 1. The van der Waals surface area contributed by atoms with Crippen LogP contribution in [0.4, 0.5) is 0 Å². The summed E-state index contributed by atoms with van der Waals surface area (Å²) >= 11 is 3.48. The molecular formula is C14H9BrN2O. The van der Waals surface area contributed by atoms with Gasteiger partial charge in [-0.3, -0.25) is 14.3 Å². The number of hydrogen-bond acceptors (Lipinski definition) is 2. The number of halogens is 1. The van der Waals surface area contributed by atoms with Crippen molar-refractivity contribution in [3.05, 3.63) is 65.0 Å². The molecule has 3 aromatic rings. The Bertz CT molecular complexity index is 719. The van der Waals surface area contributed by atoms with Crippen LogP contribution in [-0.4, -0.2) is 15.5 Å². The predicted octanol–water partition coefficient (Wildman–Crippen LogP) is 3.49. The van der Waals surface area contributed by atoms with Crippen molar-refractivity contribution in [1.29, 1.82) is 0 Å². The van der Waals surface area contributed by atoms with E-state index in [2.05, 4.69) is 20.9 Å². The summed E-state index contributed by atoms with van der Waals surface area (Å²) in [7, 11) is 0. The van der Waals surface area contributed by atoms with Gasteiger partial charge in [0.05, 0.1) is 5.52 Å². The van der Waals surface area contributed by atoms with Crippen LogP contribution in [0.25, 0.3) is 10.9 Å². The second-order valence-electron chi connectivity index (χ2n) is 3.88. The minimum absolute atomic E-state index is 0.122. The maximum Gasteiger partial charge on any atom is 0.280 e. The molecule has 2 heterocycles. The van der Waals surface area contributed by atoms with E-state index < -0.39 is 0 Å². The molecular weight excluding hydrogens is 292 g/mol. The molecule has 0 spiro atoms. The van der Waals surface area contributed by atoms with Gasteiger partial charge >= 0.3 is 0 Å². The fraction of sp³-hybridized carbons (Fsp3) is 0. The van der Waals surface area contributed by atoms with E-state index in [0.717, 1.165) is 15.4 Å². The summed E-state index contributed by atoms with van der Waals surface area (Å²) in [6, 6.07) is 13.0. The van der Waals surface area contributed by atoms with Gasteiger partial charge < -0.3 is 0 Å². The Balaban J connectivity index is 2.16. The molecule has 0 saturated carbocycles. The molecule has 0 aliphatic carbocycles. The van der Waals surface area contributed by atoms with Gasteiger partial charge in [-0.25, -0.2) is 0 Å². The highest BCUT2D eigenvalue weighted by Gasteiger charge is 2.12. The van der Waals surface area contributed by atoms with Crippen molar-refractivity contribution < 1.29 is 4.79 Å². The van der Waals surface area contributed by atoms with Crippen molar-refractivity contribution in [2.45, 2.75) is 0 Å². The van der Waals surface area contributed by atoms with E-state index in [1.54, 1.807) is 29.1 Å². The molecule has 0 atom stereocenters. The SMILES string of the molecule is O=C(c1ccccn1)n1ccc2c(Br)cccc21. The highest BCUT2D eigenvalue weighted by Crippen LogP contribution is 2.25. The zero-order chi connectivity index (χ0) is 12.5. The van der Waals surface area contributed by atoms with E-state index in [0.29, 0.717) is 5.69 Å². The second kappa shape index (κ2) is 4.38. The quantitative estimate of drug-likeness (QED) is 0.689. The van der Waals surface area contributed by atoms with Crippen LogP contribution in [0.2, 0.25) is 0 Å². The zero-order valence-electron chi connectivity index (χ0n) is 9.38. The summed E-state index contributed by atoms with van der Waals surface area (Å²) in [5.41, 5.74) is 1.31. The number of carbonyl (C=O) groups excluding carboxylic acids is 1. The summed E-state index contributed by atoms with van der Waals surface area (Å²) in [5, 5.41) is 1.02. The highest BCUT2D eigenvalue weighted by molar-refractivity contribution is 9.10. The molecule has 0 unspecified atom stereocenters. The van der Waals surface area contributed by atoms with E-state index in [9.17, 15) is 4.79 Å². The van der Waals surface area contributed by atoms with Crippen LogP contribution in [0.3, 0.4) is 0 Å². The van der Waals surface area contributed by atoms with Crippen LogP contribution in [0.5, 0.6) is 0 Å². The minimum atomic E-state index is -0.122. The smallest absolute Gasteiger partial charge is 0.280 e. The molecule has 3 nitrogen and oxygen atoms in total. The van der Waals surface area contributed by atoms with E-state index in [4.69, 9.17) is 0 Å².